The van der Waals surface area contributed by atoms with E-state index in [4.69, 9.17) is 0 Å². The van der Waals surface area contributed by atoms with Crippen molar-refractivity contribution in [1.29, 1.82) is 0 Å². The molecule has 0 spiro atoms. The molecule has 0 aliphatic rings. The molecule has 3 aromatic rings. The Balaban J connectivity index is 1.46. The number of benzene rings is 3. The van der Waals surface area contributed by atoms with Gasteiger partial charge >= 0.3 is 0 Å². The third-order valence-electron chi connectivity index (χ3n) is 4.71. The molecule has 0 heterocycles. The first-order valence-corrected chi connectivity index (χ1v) is 11.1. The molecule has 3 aromatic carbocycles. The van der Waals surface area contributed by atoms with E-state index in [0.29, 0.717) is 6.54 Å². The summed E-state index contributed by atoms with van der Waals surface area (Å²) in [5.41, 5.74) is 4.23. The Kier molecular flexibility index (Phi) is 8.10. The van der Waals surface area contributed by atoms with Crippen molar-refractivity contribution in [3.63, 3.8) is 0 Å². The molecule has 0 bridgehead atoms. The first-order valence-electron chi connectivity index (χ1n) is 9.92. The zero-order valence-corrected chi connectivity index (χ0v) is 17.8. The van der Waals surface area contributed by atoms with Crippen LogP contribution in [0.2, 0.25) is 0 Å². The maximum atomic E-state index is 12.3. The summed E-state index contributed by atoms with van der Waals surface area (Å²) in [5, 5.41) is 5.86. The van der Waals surface area contributed by atoms with Crippen LogP contribution in [0.25, 0.3) is 0 Å². The minimum atomic E-state index is -0.108. The van der Waals surface area contributed by atoms with Gasteiger partial charge in [0.2, 0.25) is 11.8 Å². The van der Waals surface area contributed by atoms with Crippen LogP contribution in [-0.2, 0) is 9.59 Å². The number of hydrogen-bond donors (Lipinski definition) is 2. The molecule has 0 radical (unpaired) electrons. The van der Waals surface area contributed by atoms with E-state index in [0.717, 1.165) is 22.4 Å². The number of aryl methyl sites for hydroxylation is 1. The Hall–Kier alpha value is -3.05. The summed E-state index contributed by atoms with van der Waals surface area (Å²) in [6.45, 7) is 2.52. The molecule has 0 fully saturated rings. The maximum Gasteiger partial charge on any atom is 0.234 e. The van der Waals surface area contributed by atoms with Crippen LogP contribution in [0, 0.1) is 6.92 Å². The number of carbonyl (C=O) groups excluding carboxylic acids is 2. The highest BCUT2D eigenvalue weighted by Crippen LogP contribution is 2.23. The van der Waals surface area contributed by atoms with Crippen LogP contribution in [0.5, 0.6) is 0 Å². The van der Waals surface area contributed by atoms with Gasteiger partial charge in [-0.05, 0) is 30.2 Å². The quantitative estimate of drug-likeness (QED) is 0.533. The van der Waals surface area contributed by atoms with E-state index < -0.39 is 0 Å². The van der Waals surface area contributed by atoms with Crippen LogP contribution in [0.4, 0.5) is 5.69 Å². The normalized spacial score (nSPS) is 10.6. The minimum absolute atomic E-state index is 0.0694. The van der Waals surface area contributed by atoms with Gasteiger partial charge in [-0.1, -0.05) is 78.4 Å². The summed E-state index contributed by atoms with van der Waals surface area (Å²) in [4.78, 5) is 24.4. The van der Waals surface area contributed by atoms with E-state index in [9.17, 15) is 9.59 Å². The number of thioether (sulfide) groups is 1. The van der Waals surface area contributed by atoms with Gasteiger partial charge in [0, 0.05) is 18.2 Å². The van der Waals surface area contributed by atoms with Crippen LogP contribution in [0.1, 0.15) is 22.6 Å². The van der Waals surface area contributed by atoms with Crippen molar-refractivity contribution in [2.75, 3.05) is 23.4 Å². The average Bonchev–Trinajstić information content (AvgIpc) is 2.77. The summed E-state index contributed by atoms with van der Waals surface area (Å²) < 4.78 is 0. The lowest BCUT2D eigenvalue weighted by Gasteiger charge is -2.19. The number of nitrogens with one attached hydrogen (secondary N) is 2. The average molecular weight is 419 g/mol. The molecule has 0 saturated heterocycles. The van der Waals surface area contributed by atoms with E-state index >= 15 is 0 Å². The monoisotopic (exact) mass is 418 g/mol. The Morgan fingerprint density at radius 3 is 1.87 bits per heavy atom. The first kappa shape index (κ1) is 21.7. The predicted molar refractivity (Wildman–Crippen MR) is 125 cm³/mol. The molecule has 2 amide bonds. The number of anilines is 1. The number of hydrogen-bond acceptors (Lipinski definition) is 3. The first-order chi connectivity index (χ1) is 14.6. The van der Waals surface area contributed by atoms with E-state index in [1.54, 1.807) is 0 Å². The summed E-state index contributed by atoms with van der Waals surface area (Å²) >= 11 is 1.31. The number of carbonyl (C=O) groups is 2. The van der Waals surface area contributed by atoms with Crippen molar-refractivity contribution in [3.8, 4) is 0 Å². The van der Waals surface area contributed by atoms with Crippen LogP contribution in [0.15, 0.2) is 84.9 Å². The minimum Gasteiger partial charge on any atom is -0.354 e. The lowest BCUT2D eigenvalue weighted by molar-refractivity contribution is -0.118. The molecule has 5 heteroatoms. The zero-order valence-electron chi connectivity index (χ0n) is 17.0. The predicted octanol–water partition coefficient (Wildman–Crippen LogP) is 4.62. The van der Waals surface area contributed by atoms with Crippen molar-refractivity contribution >= 4 is 29.3 Å². The largest absolute Gasteiger partial charge is 0.354 e. The highest BCUT2D eigenvalue weighted by molar-refractivity contribution is 8.00. The van der Waals surface area contributed by atoms with Crippen molar-refractivity contribution in [1.82, 2.24) is 5.32 Å². The molecule has 154 valence electrons. The van der Waals surface area contributed by atoms with E-state index in [-0.39, 0.29) is 29.2 Å². The zero-order chi connectivity index (χ0) is 21.2. The summed E-state index contributed by atoms with van der Waals surface area (Å²) in [5.74, 6) is 0.397. The van der Waals surface area contributed by atoms with E-state index in [2.05, 4.69) is 34.9 Å². The van der Waals surface area contributed by atoms with Gasteiger partial charge < -0.3 is 10.6 Å². The van der Waals surface area contributed by atoms with Gasteiger partial charge in [0.05, 0.1) is 11.5 Å². The molecule has 0 aliphatic heterocycles. The van der Waals surface area contributed by atoms with E-state index in [1.807, 2.05) is 67.6 Å². The second-order valence-electron chi connectivity index (χ2n) is 7.09. The van der Waals surface area contributed by atoms with Gasteiger partial charge in [0.25, 0.3) is 0 Å². The van der Waals surface area contributed by atoms with Gasteiger partial charge in [-0.15, -0.1) is 11.8 Å². The van der Waals surface area contributed by atoms with Crippen LogP contribution < -0.4 is 10.6 Å². The third-order valence-corrected chi connectivity index (χ3v) is 5.64. The molecule has 0 saturated carbocycles. The summed E-state index contributed by atoms with van der Waals surface area (Å²) in [6.07, 6.45) is 0. The van der Waals surface area contributed by atoms with Crippen molar-refractivity contribution in [2.24, 2.45) is 0 Å². The van der Waals surface area contributed by atoms with E-state index in [1.165, 1.54) is 11.8 Å². The molecular formula is C25H26N2O2S. The second-order valence-corrected chi connectivity index (χ2v) is 8.07. The fourth-order valence-electron chi connectivity index (χ4n) is 3.14. The Bertz CT molecular complexity index is 904. The van der Waals surface area contributed by atoms with Crippen LogP contribution >= 0.6 is 11.8 Å². The smallest absolute Gasteiger partial charge is 0.234 e. The van der Waals surface area contributed by atoms with Gasteiger partial charge in [-0.25, -0.2) is 0 Å². The molecule has 0 aliphatic carbocycles. The molecule has 4 nitrogen and oxygen atoms in total. The van der Waals surface area contributed by atoms with Crippen LogP contribution in [-0.4, -0.2) is 29.9 Å². The van der Waals surface area contributed by atoms with Gasteiger partial charge in [-0.2, -0.15) is 0 Å². The van der Waals surface area contributed by atoms with Crippen molar-refractivity contribution in [3.05, 3.63) is 102 Å². The third kappa shape index (κ3) is 6.78. The molecule has 3 rings (SSSR count). The fraction of sp³-hybridized carbons (Fsp3) is 0.200. The Morgan fingerprint density at radius 2 is 1.30 bits per heavy atom. The Morgan fingerprint density at radius 1 is 0.767 bits per heavy atom. The maximum absolute atomic E-state index is 12.3. The van der Waals surface area contributed by atoms with Gasteiger partial charge in [-0.3, -0.25) is 9.59 Å². The van der Waals surface area contributed by atoms with Crippen molar-refractivity contribution < 1.29 is 9.59 Å². The Labute approximate surface area is 182 Å². The fourth-order valence-corrected chi connectivity index (χ4v) is 3.78. The van der Waals surface area contributed by atoms with Crippen molar-refractivity contribution in [2.45, 2.75) is 12.8 Å². The molecule has 0 atom stereocenters. The number of amides is 2. The SMILES string of the molecule is Cc1ccc(NC(=O)CSCC(=O)NCC(c2ccccc2)c2ccccc2)cc1. The lowest BCUT2D eigenvalue weighted by atomic mass is 9.91. The molecule has 0 unspecified atom stereocenters. The highest BCUT2D eigenvalue weighted by atomic mass is 32.2. The topological polar surface area (TPSA) is 58.2 Å². The molecular weight excluding hydrogens is 392 g/mol. The lowest BCUT2D eigenvalue weighted by Crippen LogP contribution is -2.30. The molecule has 30 heavy (non-hydrogen) atoms. The molecule has 2 N–H and O–H groups in total. The number of rotatable bonds is 9. The van der Waals surface area contributed by atoms with Crippen LogP contribution in [0.3, 0.4) is 0 Å². The molecule has 0 aromatic heterocycles. The summed E-state index contributed by atoms with van der Waals surface area (Å²) in [6, 6.07) is 28.0. The van der Waals surface area contributed by atoms with Gasteiger partial charge in [0.1, 0.15) is 0 Å². The highest BCUT2D eigenvalue weighted by Gasteiger charge is 2.15. The summed E-state index contributed by atoms with van der Waals surface area (Å²) in [7, 11) is 0. The second kappa shape index (κ2) is 11.2. The van der Waals surface area contributed by atoms with Gasteiger partial charge in [0.15, 0.2) is 0 Å². The standard InChI is InChI=1S/C25H26N2O2S/c1-19-12-14-22(15-13-19)27-25(29)18-30-17-24(28)26-16-23(20-8-4-2-5-9-20)21-10-6-3-7-11-21/h2-15,23H,16-18H2,1H3,(H,26,28)(H,27,29).